The molecule has 38 heavy (non-hydrogen) atoms. The average Bonchev–Trinajstić information content (AvgIpc) is 3.52. The lowest BCUT2D eigenvalue weighted by atomic mass is 9.96. The molecule has 0 aliphatic carbocycles. The lowest BCUT2D eigenvalue weighted by molar-refractivity contribution is 0.00200. The molecule has 5 aromatic rings. The summed E-state index contributed by atoms with van der Waals surface area (Å²) >= 11 is 6.32. The van der Waals surface area contributed by atoms with Crippen LogP contribution in [0.15, 0.2) is 69.0 Å². The summed E-state index contributed by atoms with van der Waals surface area (Å²) in [6.45, 7) is 5.17. The van der Waals surface area contributed by atoms with Gasteiger partial charge in [-0.1, -0.05) is 84.0 Å². The molecule has 10 heteroatoms. The number of carbonyl (C=O) groups excluding carboxylic acids is 1. The van der Waals surface area contributed by atoms with Gasteiger partial charge in [-0.2, -0.15) is 0 Å². The number of ketones is 1. The van der Waals surface area contributed by atoms with Gasteiger partial charge in [-0.25, -0.2) is 4.40 Å². The number of ether oxygens (including phenoxy) is 1. The van der Waals surface area contributed by atoms with Crippen LogP contribution in [0.25, 0.3) is 16.0 Å². The van der Waals surface area contributed by atoms with Crippen LogP contribution in [-0.2, 0) is 24.3 Å². The lowest BCUT2D eigenvalue weighted by Crippen LogP contribution is -2.28. The van der Waals surface area contributed by atoms with E-state index in [1.54, 1.807) is 15.9 Å². The molecule has 1 atom stereocenters. The molecule has 2 aromatic carbocycles. The molecule has 0 saturated heterocycles. The van der Waals surface area contributed by atoms with Crippen molar-refractivity contribution in [1.82, 2.24) is 19.2 Å². The van der Waals surface area contributed by atoms with Crippen molar-refractivity contribution >= 4 is 60.8 Å². The van der Waals surface area contributed by atoms with E-state index in [4.69, 9.17) is 4.74 Å². The maximum absolute atomic E-state index is 14.0. The Morgan fingerprint density at radius 3 is 2.66 bits per heavy atom. The van der Waals surface area contributed by atoms with Crippen LogP contribution in [0, 0.1) is 5.92 Å². The third-order valence-electron chi connectivity index (χ3n) is 6.85. The molecule has 0 unspecified atom stereocenters. The van der Waals surface area contributed by atoms with Crippen molar-refractivity contribution in [2.45, 2.75) is 44.7 Å². The Morgan fingerprint density at radius 2 is 1.92 bits per heavy atom. The fraction of sp³-hybridized carbons (Fsp3) is 0.286. The zero-order chi connectivity index (χ0) is 26.4. The largest absolute Gasteiger partial charge is 0.372 e. The number of thioether (sulfide) groups is 1. The second-order valence-electron chi connectivity index (χ2n) is 9.70. The Balaban J connectivity index is 1.47. The Bertz CT molecular complexity index is 1710. The molecular weight excluding hydrogens is 584 g/mol. The van der Waals surface area contributed by atoms with Crippen molar-refractivity contribution in [2.24, 2.45) is 5.92 Å². The molecule has 0 bridgehead atoms. The molecule has 7 nitrogen and oxygen atoms in total. The van der Waals surface area contributed by atoms with E-state index in [1.807, 2.05) is 59.0 Å². The van der Waals surface area contributed by atoms with Gasteiger partial charge >= 0.3 is 0 Å². The van der Waals surface area contributed by atoms with E-state index in [0.29, 0.717) is 47.4 Å². The maximum Gasteiger partial charge on any atom is 0.264 e. The zero-order valence-corrected chi connectivity index (χ0v) is 24.1. The number of aromatic nitrogens is 4. The van der Waals surface area contributed by atoms with Crippen molar-refractivity contribution < 1.29 is 9.53 Å². The van der Waals surface area contributed by atoms with Crippen LogP contribution in [0.4, 0.5) is 0 Å². The molecule has 1 aliphatic rings. The van der Waals surface area contributed by atoms with E-state index in [-0.39, 0.29) is 23.2 Å². The molecule has 3 aromatic heterocycles. The number of hydrogen-bond donors (Lipinski definition) is 0. The molecule has 0 radical (unpaired) electrons. The van der Waals surface area contributed by atoms with Gasteiger partial charge in [-0.3, -0.25) is 14.2 Å². The fourth-order valence-electron chi connectivity index (χ4n) is 4.77. The van der Waals surface area contributed by atoms with Crippen LogP contribution in [-0.4, -0.2) is 36.8 Å². The minimum Gasteiger partial charge on any atom is -0.372 e. The third kappa shape index (κ3) is 4.64. The van der Waals surface area contributed by atoms with Gasteiger partial charge in [-0.15, -0.1) is 21.5 Å². The maximum atomic E-state index is 14.0. The average molecular weight is 610 g/mol. The van der Waals surface area contributed by atoms with Crippen LogP contribution in [0.5, 0.6) is 0 Å². The smallest absolute Gasteiger partial charge is 0.264 e. The van der Waals surface area contributed by atoms with Crippen molar-refractivity contribution in [3.63, 3.8) is 0 Å². The zero-order valence-electron chi connectivity index (χ0n) is 20.9. The number of thiophene rings is 1. The van der Waals surface area contributed by atoms with Crippen molar-refractivity contribution in [1.29, 1.82) is 0 Å². The molecule has 0 saturated carbocycles. The lowest BCUT2D eigenvalue weighted by Gasteiger charge is -2.26. The van der Waals surface area contributed by atoms with Gasteiger partial charge in [-0.05, 0) is 29.2 Å². The van der Waals surface area contributed by atoms with E-state index >= 15 is 0 Å². The van der Waals surface area contributed by atoms with Crippen LogP contribution >= 0.6 is 39.0 Å². The highest BCUT2D eigenvalue weighted by Crippen LogP contribution is 2.37. The molecule has 6 rings (SSSR count). The number of benzene rings is 2. The summed E-state index contributed by atoms with van der Waals surface area (Å²) in [4.78, 5) is 28.8. The summed E-state index contributed by atoms with van der Waals surface area (Å²) < 4.78 is 10.7. The summed E-state index contributed by atoms with van der Waals surface area (Å²) in [5.41, 5.74) is 2.66. The second kappa shape index (κ2) is 10.4. The van der Waals surface area contributed by atoms with Crippen LogP contribution in [0.1, 0.15) is 40.2 Å². The van der Waals surface area contributed by atoms with Gasteiger partial charge in [0.1, 0.15) is 4.83 Å². The van der Waals surface area contributed by atoms with Gasteiger partial charge in [0, 0.05) is 21.3 Å². The van der Waals surface area contributed by atoms with Gasteiger partial charge in [0.15, 0.2) is 10.9 Å². The van der Waals surface area contributed by atoms with Crippen molar-refractivity contribution in [3.8, 4) is 0 Å². The van der Waals surface area contributed by atoms with Gasteiger partial charge in [0.05, 0.1) is 30.4 Å². The summed E-state index contributed by atoms with van der Waals surface area (Å²) in [7, 11) is 0. The molecule has 0 amide bonds. The standard InChI is InChI=1S/C28H25BrN4O3S2/c1-16(2)22-12-20-23(14-36-22)38-26-24(20)25(35)32(13-17-6-4-3-5-7-17)27-30-31-28(33(26)27)37-15-21(34)18-8-10-19(29)11-9-18/h3-11,16,22H,12-15H2,1-2H3/t22-/m0/s1. The molecule has 0 N–H and O–H groups in total. The first-order valence-electron chi connectivity index (χ1n) is 12.4. The number of fused-ring (bicyclic) bond motifs is 5. The Morgan fingerprint density at radius 1 is 1.16 bits per heavy atom. The number of hydrogen-bond acceptors (Lipinski definition) is 7. The first-order valence-corrected chi connectivity index (χ1v) is 15.0. The van der Waals surface area contributed by atoms with Gasteiger partial charge in [0.25, 0.3) is 5.56 Å². The molecular formula is C28H25BrN4O3S2. The fourth-order valence-corrected chi connectivity index (χ4v) is 7.16. The number of Topliss-reactive ketones (excluding diaryl/α,β-unsaturated/α-hetero) is 1. The normalized spacial score (nSPS) is 15.4. The monoisotopic (exact) mass is 608 g/mol. The van der Waals surface area contributed by atoms with Crippen LogP contribution in [0.2, 0.25) is 0 Å². The number of nitrogens with zero attached hydrogens (tertiary/aromatic N) is 4. The Labute approximate surface area is 236 Å². The first kappa shape index (κ1) is 25.5. The summed E-state index contributed by atoms with van der Waals surface area (Å²) in [5.74, 6) is 1.04. The summed E-state index contributed by atoms with van der Waals surface area (Å²) in [6, 6.07) is 17.2. The van der Waals surface area contributed by atoms with Crippen LogP contribution < -0.4 is 5.56 Å². The summed E-state index contributed by atoms with van der Waals surface area (Å²) in [6.07, 6.45) is 0.766. The third-order valence-corrected chi connectivity index (χ3v) is 9.50. The second-order valence-corrected chi connectivity index (χ2v) is 12.6. The molecule has 0 spiro atoms. The number of rotatable bonds is 7. The predicted octanol–water partition coefficient (Wildman–Crippen LogP) is 5.99. The highest BCUT2D eigenvalue weighted by Gasteiger charge is 2.30. The van der Waals surface area contributed by atoms with Crippen LogP contribution in [0.3, 0.4) is 0 Å². The number of halogens is 1. The van der Waals surface area contributed by atoms with Crippen molar-refractivity contribution in [3.05, 3.63) is 91.0 Å². The van der Waals surface area contributed by atoms with E-state index in [0.717, 1.165) is 25.3 Å². The molecule has 194 valence electrons. The SMILES string of the molecule is CC(C)[C@@H]1Cc2c(sc3c2c(=O)n(Cc2ccccc2)c2nnc(SCC(=O)c4ccc(Br)cc4)n32)CO1. The first-order chi connectivity index (χ1) is 18.4. The van der Waals surface area contributed by atoms with Crippen molar-refractivity contribution in [2.75, 3.05) is 5.75 Å². The van der Waals surface area contributed by atoms with E-state index < -0.39 is 0 Å². The molecule has 0 fully saturated rings. The van der Waals surface area contributed by atoms with E-state index in [9.17, 15) is 9.59 Å². The highest BCUT2D eigenvalue weighted by atomic mass is 79.9. The quantitative estimate of drug-likeness (QED) is 0.167. The van der Waals surface area contributed by atoms with Gasteiger partial charge in [0.2, 0.25) is 5.78 Å². The minimum absolute atomic E-state index is 0.00625. The molecule has 1 aliphatic heterocycles. The predicted molar refractivity (Wildman–Crippen MR) is 154 cm³/mol. The summed E-state index contributed by atoms with van der Waals surface area (Å²) in [5, 5.41) is 10.2. The number of carbonyl (C=O) groups is 1. The Hall–Kier alpha value is -2.79. The van der Waals surface area contributed by atoms with Gasteiger partial charge < -0.3 is 4.74 Å². The highest BCUT2D eigenvalue weighted by molar-refractivity contribution is 9.10. The van der Waals surface area contributed by atoms with E-state index in [2.05, 4.69) is 40.0 Å². The van der Waals surface area contributed by atoms with E-state index in [1.165, 1.54) is 11.8 Å². The Kier molecular flexibility index (Phi) is 6.98. The topological polar surface area (TPSA) is 78.5 Å². The molecule has 4 heterocycles. The minimum atomic E-state index is -0.0619.